The Bertz CT molecular complexity index is 886. The quantitative estimate of drug-likeness (QED) is 0.778. The van der Waals surface area contributed by atoms with Crippen LogP contribution in [0, 0.1) is 0 Å². The molecule has 0 spiro atoms. The summed E-state index contributed by atoms with van der Waals surface area (Å²) in [6, 6.07) is 13.2. The summed E-state index contributed by atoms with van der Waals surface area (Å²) in [6.07, 6.45) is 2.27. The summed E-state index contributed by atoms with van der Waals surface area (Å²) in [5.41, 5.74) is 1.43. The molecule has 0 unspecified atom stereocenters. The maximum Gasteiger partial charge on any atom is 0.234 e. The van der Waals surface area contributed by atoms with Crippen LogP contribution in [0.2, 0.25) is 0 Å². The number of nitrogens with one attached hydrogen (secondary N) is 1. The third kappa shape index (κ3) is 4.25. The Morgan fingerprint density at radius 3 is 2.71 bits per heavy atom. The minimum absolute atomic E-state index is 0.100. The Morgan fingerprint density at radius 1 is 1.07 bits per heavy atom. The van der Waals surface area contributed by atoms with E-state index in [1.807, 2.05) is 42.5 Å². The van der Waals surface area contributed by atoms with Gasteiger partial charge >= 0.3 is 0 Å². The summed E-state index contributed by atoms with van der Waals surface area (Å²) < 4.78 is 11.3. The molecule has 1 fully saturated rings. The fourth-order valence-corrected chi connectivity index (χ4v) is 4.01. The van der Waals surface area contributed by atoms with Crippen molar-refractivity contribution >= 4 is 35.0 Å². The van der Waals surface area contributed by atoms with Gasteiger partial charge in [-0.3, -0.25) is 9.59 Å². The van der Waals surface area contributed by atoms with Crippen LogP contribution < -0.4 is 19.7 Å². The number of carbonyl (C=O) groups is 2. The second-order valence-electron chi connectivity index (χ2n) is 6.66. The van der Waals surface area contributed by atoms with E-state index in [1.165, 1.54) is 11.8 Å². The lowest BCUT2D eigenvalue weighted by molar-refractivity contribution is -0.117. The van der Waals surface area contributed by atoms with Gasteiger partial charge in [0.25, 0.3) is 0 Å². The molecule has 2 heterocycles. The molecule has 4 rings (SSSR count). The van der Waals surface area contributed by atoms with Crippen LogP contribution in [0.4, 0.5) is 11.4 Å². The number of anilines is 2. The van der Waals surface area contributed by atoms with Crippen molar-refractivity contribution in [3.63, 3.8) is 0 Å². The van der Waals surface area contributed by atoms with Crippen molar-refractivity contribution in [2.75, 3.05) is 35.7 Å². The molecule has 1 N–H and O–H groups in total. The van der Waals surface area contributed by atoms with Crippen molar-refractivity contribution in [1.29, 1.82) is 0 Å². The number of fused-ring (bicyclic) bond motifs is 1. The molecule has 0 aromatic heterocycles. The third-order valence-corrected chi connectivity index (χ3v) is 5.63. The van der Waals surface area contributed by atoms with Gasteiger partial charge < -0.3 is 19.7 Å². The number of hydrogen-bond donors (Lipinski definition) is 1. The lowest BCUT2D eigenvalue weighted by Crippen LogP contribution is -2.25. The summed E-state index contributed by atoms with van der Waals surface area (Å²) in [5.74, 6) is 1.72. The summed E-state index contributed by atoms with van der Waals surface area (Å²) in [7, 11) is 0. The van der Waals surface area contributed by atoms with E-state index >= 15 is 0 Å². The lowest BCUT2D eigenvalue weighted by atomic mass is 10.2. The minimum Gasteiger partial charge on any atom is -0.490 e. The molecule has 0 bridgehead atoms. The lowest BCUT2D eigenvalue weighted by Gasteiger charge is -2.20. The van der Waals surface area contributed by atoms with Gasteiger partial charge in [0.15, 0.2) is 11.5 Å². The van der Waals surface area contributed by atoms with Crippen molar-refractivity contribution in [3.8, 4) is 11.5 Å². The molecular formula is C21H22N2O4S. The third-order valence-electron chi connectivity index (χ3n) is 4.63. The minimum atomic E-state index is -0.115. The maximum atomic E-state index is 12.5. The second-order valence-corrected chi connectivity index (χ2v) is 7.71. The predicted octanol–water partition coefficient (Wildman–Crippen LogP) is 3.71. The molecule has 0 radical (unpaired) electrons. The van der Waals surface area contributed by atoms with Gasteiger partial charge in [-0.25, -0.2) is 0 Å². The number of nitrogens with zero attached hydrogens (tertiary/aromatic N) is 1. The Balaban J connectivity index is 1.39. The van der Waals surface area contributed by atoms with Crippen LogP contribution in [0.25, 0.3) is 0 Å². The first-order valence-corrected chi connectivity index (χ1v) is 10.4. The van der Waals surface area contributed by atoms with Gasteiger partial charge in [-0.2, -0.15) is 0 Å². The molecule has 2 aliphatic heterocycles. The Morgan fingerprint density at radius 2 is 1.89 bits per heavy atom. The Hall–Kier alpha value is -2.67. The zero-order chi connectivity index (χ0) is 19.3. The fraction of sp³-hybridized carbons (Fsp3) is 0.333. The molecule has 7 heteroatoms. The van der Waals surface area contributed by atoms with E-state index in [0.717, 1.165) is 34.9 Å². The van der Waals surface area contributed by atoms with Gasteiger partial charge in [-0.05, 0) is 36.8 Å². The molecule has 1 saturated heterocycles. The highest BCUT2D eigenvalue weighted by Crippen LogP contribution is 2.34. The van der Waals surface area contributed by atoms with Crippen molar-refractivity contribution in [2.45, 2.75) is 24.2 Å². The number of ether oxygens (including phenoxy) is 2. The van der Waals surface area contributed by atoms with E-state index in [0.29, 0.717) is 31.9 Å². The van der Waals surface area contributed by atoms with Crippen LogP contribution in [-0.2, 0) is 9.59 Å². The van der Waals surface area contributed by atoms with E-state index in [9.17, 15) is 9.59 Å². The monoisotopic (exact) mass is 398 g/mol. The summed E-state index contributed by atoms with van der Waals surface area (Å²) in [6.45, 7) is 1.98. The van der Waals surface area contributed by atoms with Gasteiger partial charge in [0.1, 0.15) is 0 Å². The van der Waals surface area contributed by atoms with Gasteiger partial charge in [0, 0.05) is 24.3 Å². The maximum absolute atomic E-state index is 12.5. The number of thioether (sulfide) groups is 1. The Kier molecular flexibility index (Phi) is 5.71. The molecule has 0 saturated carbocycles. The Labute approximate surface area is 168 Å². The van der Waals surface area contributed by atoms with Crippen LogP contribution in [0.3, 0.4) is 0 Å². The molecule has 28 heavy (non-hydrogen) atoms. The molecule has 2 aromatic rings. The highest BCUT2D eigenvalue weighted by Gasteiger charge is 2.24. The SMILES string of the molecule is O=C(CSc1ccc2c(c1)OCCCO2)Nc1ccccc1N1CCCC1=O. The topological polar surface area (TPSA) is 67.9 Å². The van der Waals surface area contributed by atoms with Crippen LogP contribution in [-0.4, -0.2) is 37.3 Å². The molecule has 146 valence electrons. The van der Waals surface area contributed by atoms with E-state index in [1.54, 1.807) is 4.90 Å². The molecular weight excluding hydrogens is 376 g/mol. The van der Waals surface area contributed by atoms with Gasteiger partial charge in [-0.1, -0.05) is 12.1 Å². The highest BCUT2D eigenvalue weighted by atomic mass is 32.2. The number of amides is 2. The van der Waals surface area contributed by atoms with Crippen LogP contribution >= 0.6 is 11.8 Å². The van der Waals surface area contributed by atoms with E-state index in [-0.39, 0.29) is 17.6 Å². The van der Waals surface area contributed by atoms with E-state index in [4.69, 9.17) is 9.47 Å². The zero-order valence-electron chi connectivity index (χ0n) is 15.5. The first-order valence-electron chi connectivity index (χ1n) is 9.42. The van der Waals surface area contributed by atoms with E-state index in [2.05, 4.69) is 5.32 Å². The zero-order valence-corrected chi connectivity index (χ0v) is 16.3. The first kappa shape index (κ1) is 18.7. The predicted molar refractivity (Wildman–Crippen MR) is 109 cm³/mol. The number of para-hydroxylation sites is 2. The molecule has 0 aliphatic carbocycles. The van der Waals surface area contributed by atoms with Crippen molar-refractivity contribution in [2.24, 2.45) is 0 Å². The molecule has 2 amide bonds. The van der Waals surface area contributed by atoms with Gasteiger partial charge in [-0.15, -0.1) is 11.8 Å². The number of carbonyl (C=O) groups excluding carboxylic acids is 2. The van der Waals surface area contributed by atoms with Crippen molar-refractivity contribution < 1.29 is 19.1 Å². The molecule has 2 aromatic carbocycles. The van der Waals surface area contributed by atoms with E-state index < -0.39 is 0 Å². The molecule has 0 atom stereocenters. The standard InChI is InChI=1S/C21H22N2O4S/c24-20(14-28-15-8-9-18-19(13-15)27-12-4-11-26-18)22-16-5-1-2-6-17(16)23-10-3-7-21(23)25/h1-2,5-6,8-9,13H,3-4,7,10-12,14H2,(H,22,24). The van der Waals surface area contributed by atoms with Crippen molar-refractivity contribution in [3.05, 3.63) is 42.5 Å². The van der Waals surface area contributed by atoms with Crippen molar-refractivity contribution in [1.82, 2.24) is 0 Å². The first-order chi connectivity index (χ1) is 13.7. The highest BCUT2D eigenvalue weighted by molar-refractivity contribution is 8.00. The van der Waals surface area contributed by atoms with Crippen LogP contribution in [0.15, 0.2) is 47.4 Å². The number of benzene rings is 2. The smallest absolute Gasteiger partial charge is 0.234 e. The number of hydrogen-bond acceptors (Lipinski definition) is 5. The van der Waals surface area contributed by atoms with Crippen LogP contribution in [0.5, 0.6) is 11.5 Å². The average molecular weight is 398 g/mol. The number of rotatable bonds is 5. The largest absolute Gasteiger partial charge is 0.490 e. The summed E-state index contributed by atoms with van der Waals surface area (Å²) >= 11 is 1.44. The summed E-state index contributed by atoms with van der Waals surface area (Å²) in [4.78, 5) is 27.2. The molecule has 2 aliphatic rings. The molecule has 6 nitrogen and oxygen atoms in total. The second kappa shape index (κ2) is 8.56. The van der Waals surface area contributed by atoms with Gasteiger partial charge in [0.2, 0.25) is 11.8 Å². The van der Waals surface area contributed by atoms with Crippen LogP contribution in [0.1, 0.15) is 19.3 Å². The van der Waals surface area contributed by atoms with Gasteiger partial charge in [0.05, 0.1) is 30.3 Å². The normalized spacial score (nSPS) is 16.0. The fourth-order valence-electron chi connectivity index (χ4n) is 3.29. The summed E-state index contributed by atoms with van der Waals surface area (Å²) in [5, 5.41) is 2.94. The average Bonchev–Trinajstić information content (AvgIpc) is 2.99.